The molecule has 6 fully saturated rings. The van der Waals surface area contributed by atoms with E-state index < -0.39 is 216 Å². The van der Waals surface area contributed by atoms with Crippen molar-refractivity contribution in [1.82, 2.24) is 10.6 Å². The molecular formula is C44H73N2O28-. The molecule has 428 valence electrons. The van der Waals surface area contributed by atoms with Crippen LogP contribution < -0.4 is 15.7 Å². The molecule has 6 rings (SSSR count). The first-order chi connectivity index (χ1) is 35.1. The molecule has 0 radical (unpaired) electrons. The molecule has 0 spiro atoms. The molecule has 30 nitrogen and oxygen atoms in total. The first-order valence-electron chi connectivity index (χ1n) is 24.6. The van der Waals surface area contributed by atoms with Gasteiger partial charge in [0.15, 0.2) is 25.2 Å². The van der Waals surface area contributed by atoms with Crippen LogP contribution in [0.15, 0.2) is 0 Å². The second-order valence-electron chi connectivity index (χ2n) is 19.4. The van der Waals surface area contributed by atoms with Gasteiger partial charge in [0.2, 0.25) is 17.6 Å². The van der Waals surface area contributed by atoms with Crippen molar-refractivity contribution in [3.8, 4) is 0 Å². The first kappa shape index (κ1) is 60.7. The van der Waals surface area contributed by atoms with E-state index in [9.17, 15) is 91.0 Å². The molecule has 1 saturated carbocycles. The summed E-state index contributed by atoms with van der Waals surface area (Å²) in [7, 11) is 0. The van der Waals surface area contributed by atoms with E-state index in [0.717, 1.165) is 13.3 Å². The summed E-state index contributed by atoms with van der Waals surface area (Å²) in [5, 5.41) is 171. The molecule has 1 aliphatic carbocycles. The summed E-state index contributed by atoms with van der Waals surface area (Å²) < 4.78 is 59.1. The van der Waals surface area contributed by atoms with E-state index in [1.165, 1.54) is 6.92 Å². The van der Waals surface area contributed by atoms with Gasteiger partial charge in [0.05, 0.1) is 44.7 Å². The predicted molar refractivity (Wildman–Crippen MR) is 233 cm³/mol. The highest BCUT2D eigenvalue weighted by Gasteiger charge is 2.60. The van der Waals surface area contributed by atoms with Crippen LogP contribution in [0.1, 0.15) is 59.3 Å². The van der Waals surface area contributed by atoms with E-state index in [1.54, 1.807) is 6.92 Å². The number of aliphatic hydroxyl groups excluding tert-OH is 14. The molecule has 6 aliphatic rings. The Bertz CT molecular complexity index is 1810. The Kier molecular flexibility index (Phi) is 21.6. The summed E-state index contributed by atoms with van der Waals surface area (Å²) >= 11 is 0. The van der Waals surface area contributed by atoms with Gasteiger partial charge in [0, 0.05) is 25.9 Å². The van der Waals surface area contributed by atoms with Crippen LogP contribution in [-0.4, -0.2) is 281 Å². The van der Waals surface area contributed by atoms with Crippen LogP contribution >= 0.6 is 0 Å². The van der Waals surface area contributed by atoms with Gasteiger partial charge in [-0.15, -0.1) is 0 Å². The van der Waals surface area contributed by atoms with Gasteiger partial charge in [-0.1, -0.05) is 19.3 Å². The van der Waals surface area contributed by atoms with Crippen LogP contribution in [0.3, 0.4) is 0 Å². The van der Waals surface area contributed by atoms with Crippen LogP contribution in [0.2, 0.25) is 0 Å². The van der Waals surface area contributed by atoms with E-state index in [0.29, 0.717) is 25.7 Å². The summed E-state index contributed by atoms with van der Waals surface area (Å²) in [4.78, 5) is 39.5. The maximum absolute atomic E-state index is 14.3. The second kappa shape index (κ2) is 26.4. The summed E-state index contributed by atoms with van der Waals surface area (Å²) in [6.07, 6.45) is -42.7. The summed E-state index contributed by atoms with van der Waals surface area (Å²) in [6.45, 7) is -0.303. The molecule has 30 heteroatoms. The number of hydrogen-bond acceptors (Lipinski definition) is 28. The second-order valence-corrected chi connectivity index (χ2v) is 19.4. The van der Waals surface area contributed by atoms with Gasteiger partial charge in [-0.3, -0.25) is 9.59 Å². The van der Waals surface area contributed by atoms with E-state index in [1.807, 2.05) is 0 Å². The van der Waals surface area contributed by atoms with Crippen LogP contribution in [0, 0.1) is 5.92 Å². The van der Waals surface area contributed by atoms with Crippen molar-refractivity contribution in [1.29, 1.82) is 0 Å². The minimum atomic E-state index is -3.30. The summed E-state index contributed by atoms with van der Waals surface area (Å²) in [5.41, 5.74) is 0. The van der Waals surface area contributed by atoms with Gasteiger partial charge in [-0.25, -0.2) is 0 Å². The zero-order valence-corrected chi connectivity index (χ0v) is 40.8. The number of aliphatic carboxylic acids is 1. The molecule has 0 aromatic carbocycles. The molecule has 5 saturated heterocycles. The number of carboxylic acids is 1. The molecule has 74 heavy (non-hydrogen) atoms. The van der Waals surface area contributed by atoms with Gasteiger partial charge in [-0.2, -0.15) is 0 Å². The average molecular weight is 1080 g/mol. The van der Waals surface area contributed by atoms with Gasteiger partial charge < -0.3 is 139 Å². The van der Waals surface area contributed by atoms with E-state index in [4.69, 9.17) is 47.4 Å². The average Bonchev–Trinajstić information content (AvgIpc) is 3.38. The number of carboxylic acid groups (broad SMARTS) is 1. The smallest absolute Gasteiger partial charge is 0.223 e. The molecule has 5 aliphatic heterocycles. The van der Waals surface area contributed by atoms with Crippen molar-refractivity contribution >= 4 is 17.8 Å². The molecule has 0 unspecified atom stereocenters. The quantitative estimate of drug-likeness (QED) is 0.0538. The fourth-order valence-corrected chi connectivity index (χ4v) is 10.2. The summed E-state index contributed by atoms with van der Waals surface area (Å²) in [6, 6.07) is -3.45. The highest BCUT2D eigenvalue weighted by Crippen LogP contribution is 2.40. The SMILES string of the molecule is CCO[C@@H]1O[C@@H](CO)[C@H](O)[C@H](O[C@@H]2O[C@@H](CO)[C@@H](O[C@@H]3O[C@@H](CO)[C@H](O)[C@H](O[C@]4(C(=O)[O-])C[C@@H](O)[C@@H](NC(C)=O)[C@H]([C@H](O)[C@H](O)CO)O4)[C@@H]3O)[C@H](O[C@@H]3O[C@@H](C)[C@@H](O)[C@H](O)[C@@H]3O)[C@@H]2NC(=O)C2CCCCC2)[C@@H]1O. The van der Waals surface area contributed by atoms with Crippen LogP contribution in [0.25, 0.3) is 0 Å². The fourth-order valence-electron chi connectivity index (χ4n) is 10.2. The first-order valence-corrected chi connectivity index (χ1v) is 24.6. The summed E-state index contributed by atoms with van der Waals surface area (Å²) in [5.74, 6) is -7.70. The van der Waals surface area contributed by atoms with E-state index in [-0.39, 0.29) is 6.61 Å². The Morgan fingerprint density at radius 3 is 1.78 bits per heavy atom. The molecule has 2 amide bonds. The van der Waals surface area contributed by atoms with Gasteiger partial charge >= 0.3 is 0 Å². The number of nitrogens with one attached hydrogen (secondary N) is 2. The lowest BCUT2D eigenvalue weighted by molar-refractivity contribution is -0.414. The largest absolute Gasteiger partial charge is 0.544 e. The molecule has 0 aromatic rings. The zero-order chi connectivity index (χ0) is 54.5. The molecular weight excluding hydrogens is 1000 g/mol. The number of rotatable bonds is 20. The maximum Gasteiger partial charge on any atom is 0.223 e. The Morgan fingerprint density at radius 2 is 1.20 bits per heavy atom. The minimum absolute atomic E-state index is 0.0251. The normalized spacial score (nSPS) is 45.3. The Labute approximate surface area is 423 Å². The lowest BCUT2D eigenvalue weighted by Gasteiger charge is -2.53. The monoisotopic (exact) mass is 1080 g/mol. The minimum Gasteiger partial charge on any atom is -0.544 e. The lowest BCUT2D eigenvalue weighted by atomic mass is 9.87. The topological polar surface area (TPSA) is 474 Å². The van der Waals surface area contributed by atoms with Crippen molar-refractivity contribution < 1.29 is 138 Å². The Hall–Kier alpha value is -2.55. The van der Waals surface area contributed by atoms with E-state index in [2.05, 4.69) is 10.6 Å². The number of carbonyl (C=O) groups excluding carboxylic acids is 3. The maximum atomic E-state index is 14.3. The Balaban J connectivity index is 1.41. The fraction of sp³-hybridized carbons (Fsp3) is 0.932. The number of hydrogen-bond donors (Lipinski definition) is 16. The van der Waals surface area contributed by atoms with Gasteiger partial charge in [-0.05, 0) is 26.7 Å². The number of amides is 2. The molecule has 0 aromatic heterocycles. The van der Waals surface area contributed by atoms with Crippen molar-refractivity contribution in [2.45, 2.75) is 218 Å². The van der Waals surface area contributed by atoms with Gasteiger partial charge in [0.1, 0.15) is 116 Å². The third-order valence-corrected chi connectivity index (χ3v) is 14.3. The Morgan fingerprint density at radius 1 is 0.649 bits per heavy atom. The molecule has 16 N–H and O–H groups in total. The molecule has 5 heterocycles. The van der Waals surface area contributed by atoms with Crippen molar-refractivity contribution in [2.75, 3.05) is 33.0 Å². The predicted octanol–water partition coefficient (Wildman–Crippen LogP) is -10.1. The number of ether oxygens (including phenoxy) is 10. The third kappa shape index (κ3) is 13.1. The standard InChI is InChI=1S/C44H74N2O28/c1-4-65-40-31(60)36(27(56)20(12-48)67-40)72-39-24(46-38(62)17-8-6-5-7-9-17)35(71-41-30(59)29(58)25(54)15(2)66-41)33(22(14-50)69-39)70-42-32(61)37(28(57)21(13-49)68-42)74-44(43(63)64)10-18(52)23(45-16(3)51)34(73-44)26(55)19(53)11-47/h15,17-37,39-42,47-50,52-61H,4-14H2,1-3H3,(H,45,51)(H,46,62)(H,63,64)/p-1/t15-,18+,19+,20-,21-,22-,23+,24-,25+,26+,27-,28-,29-,30-,31-,32-,33+,34+,35+,36-,37-,39-,40+,41-,42-,44-/m0/s1. The van der Waals surface area contributed by atoms with Gasteiger partial charge in [0.25, 0.3) is 0 Å². The van der Waals surface area contributed by atoms with Crippen molar-refractivity contribution in [3.05, 3.63) is 0 Å². The highest BCUT2D eigenvalue weighted by atomic mass is 16.8. The third-order valence-electron chi connectivity index (χ3n) is 14.3. The number of aliphatic hydroxyl groups is 14. The lowest BCUT2D eigenvalue weighted by Crippen LogP contribution is -2.73. The molecule has 26 atom stereocenters. The highest BCUT2D eigenvalue weighted by molar-refractivity contribution is 5.79. The van der Waals surface area contributed by atoms with Crippen LogP contribution in [0.5, 0.6) is 0 Å². The van der Waals surface area contributed by atoms with Crippen LogP contribution in [0.4, 0.5) is 0 Å². The zero-order valence-electron chi connectivity index (χ0n) is 40.8. The van der Waals surface area contributed by atoms with Crippen molar-refractivity contribution in [3.63, 3.8) is 0 Å². The van der Waals surface area contributed by atoms with E-state index >= 15 is 0 Å². The van der Waals surface area contributed by atoms with Crippen LogP contribution in [-0.2, 0) is 61.8 Å². The number of carbonyl (C=O) groups is 3. The van der Waals surface area contributed by atoms with Crippen molar-refractivity contribution in [2.24, 2.45) is 5.92 Å². The molecule has 0 bridgehead atoms.